The largest absolute Gasteiger partial charge is 0.457 e. The number of nitrogens with zero attached hydrogens (tertiary/aromatic N) is 2. The van der Waals surface area contributed by atoms with Gasteiger partial charge in [-0.1, -0.05) is 48.5 Å². The van der Waals surface area contributed by atoms with E-state index < -0.39 is 0 Å². The quantitative estimate of drug-likeness (QED) is 0.479. The van der Waals surface area contributed by atoms with Crippen LogP contribution in [-0.2, 0) is 6.54 Å². The van der Waals surface area contributed by atoms with Gasteiger partial charge >= 0.3 is 0 Å². The van der Waals surface area contributed by atoms with Gasteiger partial charge in [0.1, 0.15) is 17.6 Å². The van der Waals surface area contributed by atoms with Crippen LogP contribution in [0.3, 0.4) is 0 Å². The number of hydrogen-bond donors (Lipinski definition) is 1. The molecule has 5 heteroatoms. The first-order chi connectivity index (χ1) is 13.8. The second kappa shape index (κ2) is 8.11. The fourth-order valence-electron chi connectivity index (χ4n) is 2.70. The minimum atomic E-state index is 0.239. The van der Waals surface area contributed by atoms with Crippen LogP contribution in [0.25, 0.3) is 11.5 Å². The third-order valence-electron chi connectivity index (χ3n) is 4.11. The van der Waals surface area contributed by atoms with E-state index in [1.807, 2.05) is 84.9 Å². The average Bonchev–Trinajstić information content (AvgIpc) is 3.18. The van der Waals surface area contributed by atoms with Crippen LogP contribution in [0.15, 0.2) is 89.3 Å². The summed E-state index contributed by atoms with van der Waals surface area (Å²) in [6, 6.07) is 28.9. The van der Waals surface area contributed by atoms with Crippen LogP contribution in [-0.4, -0.2) is 4.98 Å². The Morgan fingerprint density at radius 3 is 2.18 bits per heavy atom. The average molecular weight is 367 g/mol. The van der Waals surface area contributed by atoms with Crippen LogP contribution in [0.1, 0.15) is 11.3 Å². The van der Waals surface area contributed by atoms with Crippen molar-refractivity contribution in [3.8, 4) is 29.0 Å². The minimum absolute atomic E-state index is 0.239. The molecule has 4 rings (SSSR count). The maximum atomic E-state index is 9.32. The van der Waals surface area contributed by atoms with Crippen molar-refractivity contribution in [1.82, 2.24) is 4.98 Å². The number of rotatable bonds is 6. The molecule has 3 aromatic carbocycles. The summed E-state index contributed by atoms with van der Waals surface area (Å²) in [7, 11) is 0. The van der Waals surface area contributed by atoms with Gasteiger partial charge in [-0.25, -0.2) is 0 Å². The molecule has 136 valence electrons. The van der Waals surface area contributed by atoms with Crippen molar-refractivity contribution in [3.63, 3.8) is 0 Å². The van der Waals surface area contributed by atoms with E-state index in [2.05, 4.69) is 16.4 Å². The molecule has 0 radical (unpaired) electrons. The number of anilines is 1. The molecule has 1 N–H and O–H groups in total. The molecule has 0 atom stereocenters. The summed E-state index contributed by atoms with van der Waals surface area (Å²) in [5.41, 5.74) is 2.10. The SMILES string of the molecule is N#Cc1nc(-c2ccccc2)oc1NCc1ccc(Oc2ccccc2)cc1. The highest BCUT2D eigenvalue weighted by molar-refractivity contribution is 5.58. The van der Waals surface area contributed by atoms with Crippen molar-refractivity contribution in [3.05, 3.63) is 96.2 Å². The van der Waals surface area contributed by atoms with Crippen LogP contribution >= 0.6 is 0 Å². The molecular formula is C23H17N3O2. The molecule has 0 bridgehead atoms. The smallest absolute Gasteiger partial charge is 0.232 e. The predicted molar refractivity (Wildman–Crippen MR) is 107 cm³/mol. The highest BCUT2D eigenvalue weighted by Gasteiger charge is 2.14. The lowest BCUT2D eigenvalue weighted by Crippen LogP contribution is -1.99. The Hall–Kier alpha value is -4.04. The van der Waals surface area contributed by atoms with E-state index in [-0.39, 0.29) is 5.69 Å². The van der Waals surface area contributed by atoms with Gasteiger partial charge in [0.2, 0.25) is 17.5 Å². The zero-order chi connectivity index (χ0) is 19.2. The topological polar surface area (TPSA) is 71.1 Å². The highest BCUT2D eigenvalue weighted by atomic mass is 16.5. The number of nitriles is 1. The van der Waals surface area contributed by atoms with Crippen molar-refractivity contribution >= 4 is 5.88 Å². The summed E-state index contributed by atoms with van der Waals surface area (Å²) in [5, 5.41) is 12.5. The molecule has 5 nitrogen and oxygen atoms in total. The number of benzene rings is 3. The van der Waals surface area contributed by atoms with Gasteiger partial charge < -0.3 is 14.5 Å². The van der Waals surface area contributed by atoms with Crippen molar-refractivity contribution < 1.29 is 9.15 Å². The number of oxazole rings is 1. The van der Waals surface area contributed by atoms with E-state index in [4.69, 9.17) is 9.15 Å². The zero-order valence-corrected chi connectivity index (χ0v) is 15.0. The molecule has 0 saturated heterocycles. The highest BCUT2D eigenvalue weighted by Crippen LogP contribution is 2.26. The van der Waals surface area contributed by atoms with Crippen LogP contribution in [0.5, 0.6) is 11.5 Å². The molecule has 0 aliphatic heterocycles. The maximum absolute atomic E-state index is 9.32. The van der Waals surface area contributed by atoms with Crippen molar-refractivity contribution in [2.75, 3.05) is 5.32 Å². The first-order valence-electron chi connectivity index (χ1n) is 8.84. The molecule has 4 aromatic rings. The van der Waals surface area contributed by atoms with Gasteiger partial charge in [-0.2, -0.15) is 10.2 Å². The monoisotopic (exact) mass is 367 g/mol. The molecule has 0 spiro atoms. The molecule has 0 aliphatic rings. The van der Waals surface area contributed by atoms with Gasteiger partial charge in [-0.3, -0.25) is 0 Å². The van der Waals surface area contributed by atoms with E-state index in [1.165, 1.54) is 0 Å². The third-order valence-corrected chi connectivity index (χ3v) is 4.11. The number of ether oxygens (including phenoxy) is 1. The summed E-state index contributed by atoms with van der Waals surface area (Å²) in [5.74, 6) is 2.35. The fraction of sp³-hybridized carbons (Fsp3) is 0.0435. The fourth-order valence-corrected chi connectivity index (χ4v) is 2.70. The lowest BCUT2D eigenvalue weighted by molar-refractivity contribution is 0.482. The van der Waals surface area contributed by atoms with Gasteiger partial charge in [0, 0.05) is 12.1 Å². The first kappa shape index (κ1) is 17.4. The van der Waals surface area contributed by atoms with Crippen LogP contribution < -0.4 is 10.1 Å². The van der Waals surface area contributed by atoms with Crippen molar-refractivity contribution in [1.29, 1.82) is 5.26 Å². The summed E-state index contributed by atoms with van der Waals surface area (Å²) in [6.45, 7) is 0.504. The van der Waals surface area contributed by atoms with E-state index >= 15 is 0 Å². The standard InChI is InChI=1S/C23H17N3O2/c24-15-21-23(28-22(26-21)18-7-3-1-4-8-18)25-16-17-11-13-20(14-12-17)27-19-9-5-2-6-10-19/h1-14,25H,16H2. The molecule has 1 aromatic heterocycles. The zero-order valence-electron chi connectivity index (χ0n) is 15.0. The Morgan fingerprint density at radius 2 is 1.50 bits per heavy atom. The Morgan fingerprint density at radius 1 is 0.857 bits per heavy atom. The summed E-state index contributed by atoms with van der Waals surface area (Å²) in [4.78, 5) is 4.26. The van der Waals surface area contributed by atoms with E-state index in [0.717, 1.165) is 22.6 Å². The maximum Gasteiger partial charge on any atom is 0.232 e. The number of nitrogens with one attached hydrogen (secondary N) is 1. The van der Waals surface area contributed by atoms with Gasteiger partial charge in [-0.05, 0) is 42.0 Å². The van der Waals surface area contributed by atoms with Crippen LogP contribution in [0.4, 0.5) is 5.88 Å². The Bertz CT molecular complexity index is 1080. The third kappa shape index (κ3) is 4.02. The van der Waals surface area contributed by atoms with Crippen molar-refractivity contribution in [2.24, 2.45) is 0 Å². The normalized spacial score (nSPS) is 10.2. The summed E-state index contributed by atoms with van der Waals surface area (Å²) in [6.07, 6.45) is 0. The second-order valence-corrected chi connectivity index (χ2v) is 6.09. The van der Waals surface area contributed by atoms with E-state index in [9.17, 15) is 5.26 Å². The Labute approximate surface area is 162 Å². The second-order valence-electron chi connectivity index (χ2n) is 6.09. The predicted octanol–water partition coefficient (Wildman–Crippen LogP) is 5.62. The van der Waals surface area contributed by atoms with Crippen LogP contribution in [0.2, 0.25) is 0 Å². The lowest BCUT2D eigenvalue weighted by Gasteiger charge is -2.07. The summed E-state index contributed by atoms with van der Waals surface area (Å²) < 4.78 is 11.5. The van der Waals surface area contributed by atoms with Gasteiger partial charge in [0.15, 0.2) is 0 Å². The number of para-hydroxylation sites is 1. The molecule has 0 saturated carbocycles. The van der Waals surface area contributed by atoms with Crippen LogP contribution in [0, 0.1) is 11.3 Å². The molecule has 1 heterocycles. The molecule has 0 unspecified atom stereocenters. The lowest BCUT2D eigenvalue weighted by atomic mass is 10.2. The Balaban J connectivity index is 1.43. The van der Waals surface area contributed by atoms with Crippen molar-refractivity contribution in [2.45, 2.75) is 6.54 Å². The molecular weight excluding hydrogens is 350 g/mol. The Kier molecular flexibility index (Phi) is 5.03. The molecule has 28 heavy (non-hydrogen) atoms. The van der Waals surface area contributed by atoms with E-state index in [0.29, 0.717) is 18.3 Å². The molecule has 0 aliphatic carbocycles. The molecule has 0 amide bonds. The molecule has 0 fully saturated rings. The van der Waals surface area contributed by atoms with Gasteiger partial charge in [-0.15, -0.1) is 0 Å². The van der Waals surface area contributed by atoms with Gasteiger partial charge in [0.25, 0.3) is 0 Å². The number of hydrogen-bond acceptors (Lipinski definition) is 5. The summed E-state index contributed by atoms with van der Waals surface area (Å²) >= 11 is 0. The number of aromatic nitrogens is 1. The van der Waals surface area contributed by atoms with E-state index in [1.54, 1.807) is 0 Å². The van der Waals surface area contributed by atoms with Gasteiger partial charge in [0.05, 0.1) is 0 Å². The minimum Gasteiger partial charge on any atom is -0.457 e. The first-order valence-corrected chi connectivity index (χ1v) is 8.84.